The van der Waals surface area contributed by atoms with Crippen molar-refractivity contribution in [2.45, 2.75) is 81.3 Å². The highest BCUT2D eigenvalue weighted by atomic mass is 35.5. The van der Waals surface area contributed by atoms with Gasteiger partial charge < -0.3 is 4.74 Å². The van der Waals surface area contributed by atoms with E-state index < -0.39 is 4.33 Å². The predicted molar refractivity (Wildman–Crippen MR) is 85.8 cm³/mol. The SMILES string of the molecule is CCCC(Cl)(Cl)C(=O)C1OC2CCC1C1CCCC2CC1. The second kappa shape index (κ2) is 6.37. The van der Waals surface area contributed by atoms with Crippen molar-refractivity contribution in [3.8, 4) is 0 Å². The van der Waals surface area contributed by atoms with Crippen molar-refractivity contribution >= 4 is 29.0 Å². The number of carbonyl (C=O) groups excluding carboxylic acids is 1. The molecule has 0 aromatic heterocycles. The summed E-state index contributed by atoms with van der Waals surface area (Å²) in [7, 11) is 0. The van der Waals surface area contributed by atoms with Crippen molar-refractivity contribution in [1.29, 1.82) is 0 Å². The van der Waals surface area contributed by atoms with Gasteiger partial charge in [0.25, 0.3) is 0 Å². The standard InChI is InChI=1S/C17H26Cl2O2/c1-2-10-17(18,19)16(20)15-13-8-9-14(21-15)12-5-3-4-11(13)6-7-12/h11-15H,2-10H2,1H3. The van der Waals surface area contributed by atoms with Gasteiger partial charge in [0.15, 0.2) is 10.1 Å². The van der Waals surface area contributed by atoms with Gasteiger partial charge in [0.05, 0.1) is 6.10 Å². The number of hydrogen-bond donors (Lipinski definition) is 0. The van der Waals surface area contributed by atoms with Crippen LogP contribution in [0.5, 0.6) is 0 Å². The zero-order valence-corrected chi connectivity index (χ0v) is 14.3. The van der Waals surface area contributed by atoms with E-state index in [4.69, 9.17) is 27.9 Å². The van der Waals surface area contributed by atoms with Crippen LogP contribution in [-0.4, -0.2) is 22.3 Å². The van der Waals surface area contributed by atoms with E-state index in [1.807, 2.05) is 6.92 Å². The molecule has 0 N–H and O–H groups in total. The molecule has 4 heteroatoms. The normalized spacial score (nSPS) is 39.7. The topological polar surface area (TPSA) is 26.3 Å². The molecule has 0 aromatic carbocycles. The molecule has 120 valence electrons. The summed E-state index contributed by atoms with van der Waals surface area (Å²) in [6.07, 6.45) is 9.75. The number of hydrogen-bond acceptors (Lipinski definition) is 2. The molecule has 4 fully saturated rings. The zero-order chi connectivity index (χ0) is 15.0. The van der Waals surface area contributed by atoms with E-state index in [2.05, 4.69) is 0 Å². The summed E-state index contributed by atoms with van der Waals surface area (Å²) in [5.74, 6) is 1.52. The first-order valence-corrected chi connectivity index (χ1v) is 9.36. The Labute approximate surface area is 137 Å². The molecule has 2 aliphatic heterocycles. The van der Waals surface area contributed by atoms with Gasteiger partial charge in [-0.2, -0.15) is 0 Å². The summed E-state index contributed by atoms with van der Waals surface area (Å²) in [4.78, 5) is 12.9. The largest absolute Gasteiger partial charge is 0.366 e. The molecule has 5 unspecified atom stereocenters. The van der Waals surface area contributed by atoms with Crippen LogP contribution in [0.4, 0.5) is 0 Å². The molecule has 0 radical (unpaired) electrons. The third kappa shape index (κ3) is 3.14. The number of rotatable bonds is 4. The van der Waals surface area contributed by atoms with Crippen molar-refractivity contribution in [2.24, 2.45) is 17.8 Å². The third-order valence-electron chi connectivity index (χ3n) is 5.87. The molecule has 0 amide bonds. The minimum absolute atomic E-state index is 0.0741. The van der Waals surface area contributed by atoms with Gasteiger partial charge in [-0.3, -0.25) is 4.79 Å². The summed E-state index contributed by atoms with van der Waals surface area (Å²) in [5, 5.41) is 0. The number of ether oxygens (including phenoxy) is 1. The fraction of sp³-hybridized carbons (Fsp3) is 0.941. The lowest BCUT2D eigenvalue weighted by Crippen LogP contribution is -2.51. The van der Waals surface area contributed by atoms with Gasteiger partial charge in [0.2, 0.25) is 0 Å². The van der Waals surface area contributed by atoms with Gasteiger partial charge in [0, 0.05) is 0 Å². The van der Waals surface area contributed by atoms with E-state index in [0.717, 1.165) is 19.3 Å². The van der Waals surface area contributed by atoms with Gasteiger partial charge in [-0.25, -0.2) is 0 Å². The minimum atomic E-state index is -1.27. The second-order valence-electron chi connectivity index (χ2n) is 7.18. The van der Waals surface area contributed by atoms with Crippen LogP contribution in [0.2, 0.25) is 0 Å². The Hall–Kier alpha value is 0.210. The highest BCUT2D eigenvalue weighted by Crippen LogP contribution is 2.48. The Morgan fingerprint density at radius 2 is 1.81 bits per heavy atom. The molecule has 4 bridgehead atoms. The van der Waals surface area contributed by atoms with E-state index in [1.165, 1.54) is 32.1 Å². The Balaban J connectivity index is 1.84. The third-order valence-corrected chi connectivity index (χ3v) is 6.62. The number of fused-ring (bicyclic) bond motifs is 2. The quantitative estimate of drug-likeness (QED) is 0.684. The number of halogens is 2. The number of Topliss-reactive ketones (excluding diaryl/α,β-unsaturated/α-hetero) is 1. The Morgan fingerprint density at radius 3 is 2.57 bits per heavy atom. The number of ketones is 1. The van der Waals surface area contributed by atoms with Crippen LogP contribution in [0.1, 0.15) is 64.7 Å². The van der Waals surface area contributed by atoms with Crippen molar-refractivity contribution in [2.75, 3.05) is 0 Å². The van der Waals surface area contributed by atoms with Crippen LogP contribution in [-0.2, 0) is 9.53 Å². The smallest absolute Gasteiger partial charge is 0.197 e. The van der Waals surface area contributed by atoms with E-state index in [0.29, 0.717) is 24.2 Å². The molecule has 2 saturated carbocycles. The lowest BCUT2D eigenvalue weighted by Gasteiger charge is -2.45. The molecule has 0 aromatic rings. The van der Waals surface area contributed by atoms with Crippen LogP contribution in [0.25, 0.3) is 0 Å². The monoisotopic (exact) mass is 332 g/mol. The van der Waals surface area contributed by atoms with Crippen molar-refractivity contribution in [3.05, 3.63) is 0 Å². The molecular formula is C17H26Cl2O2. The Morgan fingerprint density at radius 1 is 1.10 bits per heavy atom. The van der Waals surface area contributed by atoms with Crippen LogP contribution in [0, 0.1) is 17.8 Å². The van der Waals surface area contributed by atoms with Gasteiger partial charge in [-0.15, -0.1) is 0 Å². The van der Waals surface area contributed by atoms with E-state index in [1.54, 1.807) is 0 Å². The first-order valence-electron chi connectivity index (χ1n) is 8.60. The van der Waals surface area contributed by atoms with Gasteiger partial charge in [-0.05, 0) is 56.3 Å². The Kier molecular flexibility index (Phi) is 4.88. The maximum Gasteiger partial charge on any atom is 0.197 e. The molecule has 0 spiro atoms. The van der Waals surface area contributed by atoms with E-state index >= 15 is 0 Å². The van der Waals surface area contributed by atoms with E-state index in [9.17, 15) is 4.79 Å². The van der Waals surface area contributed by atoms with Gasteiger partial charge in [-0.1, -0.05) is 49.4 Å². The van der Waals surface area contributed by atoms with Crippen LogP contribution < -0.4 is 0 Å². The summed E-state index contributed by atoms with van der Waals surface area (Å²) >= 11 is 12.7. The molecule has 5 atom stereocenters. The first-order chi connectivity index (χ1) is 10.0. The molecule has 2 saturated heterocycles. The molecule has 2 aliphatic carbocycles. The fourth-order valence-electron chi connectivity index (χ4n) is 4.76. The maximum atomic E-state index is 12.9. The number of carbonyl (C=O) groups is 1. The number of alkyl halides is 2. The lowest BCUT2D eigenvalue weighted by molar-refractivity contribution is -0.161. The molecular weight excluding hydrogens is 307 g/mol. The second-order valence-corrected chi connectivity index (χ2v) is 8.67. The van der Waals surface area contributed by atoms with Crippen molar-refractivity contribution < 1.29 is 9.53 Å². The predicted octanol–water partition coefficient (Wildman–Crippen LogP) is 4.90. The summed E-state index contributed by atoms with van der Waals surface area (Å²) in [6, 6.07) is 0. The molecule has 2 nitrogen and oxygen atoms in total. The lowest BCUT2D eigenvalue weighted by atomic mass is 9.72. The molecule has 2 heterocycles. The maximum absolute atomic E-state index is 12.9. The van der Waals surface area contributed by atoms with E-state index in [-0.39, 0.29) is 18.0 Å². The van der Waals surface area contributed by atoms with Gasteiger partial charge in [0.1, 0.15) is 6.10 Å². The summed E-state index contributed by atoms with van der Waals surface area (Å²) in [5.41, 5.74) is 0. The van der Waals surface area contributed by atoms with Crippen molar-refractivity contribution in [3.63, 3.8) is 0 Å². The molecule has 21 heavy (non-hydrogen) atoms. The summed E-state index contributed by atoms with van der Waals surface area (Å²) in [6.45, 7) is 2.00. The van der Waals surface area contributed by atoms with Crippen LogP contribution in [0.15, 0.2) is 0 Å². The first kappa shape index (κ1) is 16.1. The highest BCUT2D eigenvalue weighted by Gasteiger charge is 2.49. The minimum Gasteiger partial charge on any atom is -0.366 e. The molecule has 4 aliphatic rings. The van der Waals surface area contributed by atoms with Crippen LogP contribution >= 0.6 is 23.2 Å². The van der Waals surface area contributed by atoms with Crippen molar-refractivity contribution in [1.82, 2.24) is 0 Å². The van der Waals surface area contributed by atoms with Crippen LogP contribution in [0.3, 0.4) is 0 Å². The highest BCUT2D eigenvalue weighted by molar-refractivity contribution is 6.58. The Bertz CT molecular complexity index is 396. The fourth-order valence-corrected chi connectivity index (χ4v) is 5.35. The average molecular weight is 333 g/mol. The average Bonchev–Trinajstić information content (AvgIpc) is 2.62. The molecule has 4 rings (SSSR count). The summed E-state index contributed by atoms with van der Waals surface area (Å²) < 4.78 is 5.01. The van der Waals surface area contributed by atoms with Gasteiger partial charge >= 0.3 is 0 Å². The zero-order valence-electron chi connectivity index (χ0n) is 12.8.